The molecule has 1 aliphatic heterocycles. The normalized spacial score (nSPS) is 18.5. The summed E-state index contributed by atoms with van der Waals surface area (Å²) in [7, 11) is 0. The highest BCUT2D eigenvalue weighted by molar-refractivity contribution is 5.85. The predicted molar refractivity (Wildman–Crippen MR) is 43.5 cm³/mol. The van der Waals surface area contributed by atoms with E-state index >= 15 is 0 Å². The maximum atomic E-state index is 10.6. The number of amides is 2. The van der Waals surface area contributed by atoms with Gasteiger partial charge in [-0.2, -0.15) is 4.99 Å². The summed E-state index contributed by atoms with van der Waals surface area (Å²) in [6, 6.07) is -0.259. The van der Waals surface area contributed by atoms with E-state index in [9.17, 15) is 4.79 Å². The quantitative estimate of drug-likeness (QED) is 0.562. The molecule has 2 amide bonds. The monoisotopic (exact) mass is 155 g/mol. The highest BCUT2D eigenvalue weighted by atomic mass is 16.2. The minimum absolute atomic E-state index is 0.0250. The number of carbonyl (C=O) groups is 1. The maximum absolute atomic E-state index is 10.6. The van der Waals surface area contributed by atoms with Crippen LogP contribution in [0.3, 0.4) is 0 Å². The lowest BCUT2D eigenvalue weighted by Crippen LogP contribution is -2.49. The van der Waals surface area contributed by atoms with Crippen molar-refractivity contribution in [2.24, 2.45) is 4.99 Å². The van der Waals surface area contributed by atoms with Gasteiger partial charge in [0.2, 0.25) is 0 Å². The molecule has 0 saturated heterocycles. The van der Waals surface area contributed by atoms with Crippen molar-refractivity contribution in [3.8, 4) is 0 Å². The predicted octanol–water partition coefficient (Wildman–Crippen LogP) is 0.796. The number of rotatable bonds is 0. The van der Waals surface area contributed by atoms with Crippen molar-refractivity contribution in [1.29, 1.82) is 0 Å². The van der Waals surface area contributed by atoms with Crippen molar-refractivity contribution in [1.82, 2.24) is 10.2 Å². The summed E-state index contributed by atoms with van der Waals surface area (Å²) in [6.45, 7) is 6.75. The van der Waals surface area contributed by atoms with Crippen molar-refractivity contribution in [2.75, 3.05) is 6.67 Å². The zero-order valence-electron chi connectivity index (χ0n) is 7.09. The Kier molecular flexibility index (Phi) is 1.85. The molecule has 62 valence electrons. The molecule has 4 nitrogen and oxygen atoms in total. The van der Waals surface area contributed by atoms with Crippen LogP contribution in [0.15, 0.2) is 4.99 Å². The summed E-state index contributed by atoms with van der Waals surface area (Å²) in [5.41, 5.74) is 0.0250. The average molecular weight is 155 g/mol. The lowest BCUT2D eigenvalue weighted by atomic mass is 10.1. The van der Waals surface area contributed by atoms with E-state index in [4.69, 9.17) is 0 Å². The second kappa shape index (κ2) is 2.53. The second-order valence-corrected chi connectivity index (χ2v) is 3.53. The Bertz CT molecular complexity index is 192. The van der Waals surface area contributed by atoms with Crippen LogP contribution in [0, 0.1) is 0 Å². The van der Waals surface area contributed by atoms with Crippen LogP contribution in [0.1, 0.15) is 20.8 Å². The number of urea groups is 1. The standard InChI is InChI=1S/C7H13N3O/c1-7(2,3)10-4-8-6(11)9-5-10/h4H,5H2,1-3H3,(H,9,11). The SMILES string of the molecule is CC(C)(C)N1C=NC(=O)NC1. The number of nitrogens with zero attached hydrogens (tertiary/aromatic N) is 2. The van der Waals surface area contributed by atoms with Crippen LogP contribution in [-0.4, -0.2) is 29.5 Å². The molecule has 0 radical (unpaired) electrons. The first-order valence-electron chi connectivity index (χ1n) is 3.59. The van der Waals surface area contributed by atoms with Crippen LogP contribution in [-0.2, 0) is 0 Å². The molecule has 1 rings (SSSR count). The molecule has 0 aromatic heterocycles. The summed E-state index contributed by atoms with van der Waals surface area (Å²) in [5.74, 6) is 0. The van der Waals surface area contributed by atoms with Crippen molar-refractivity contribution < 1.29 is 4.79 Å². The third-order valence-corrected chi connectivity index (χ3v) is 1.58. The molecule has 1 aliphatic rings. The number of aliphatic imine (C=N–C) groups is 1. The minimum Gasteiger partial charge on any atom is -0.340 e. The van der Waals surface area contributed by atoms with Crippen molar-refractivity contribution in [3.05, 3.63) is 0 Å². The number of hydrogen-bond donors (Lipinski definition) is 1. The molecule has 0 aromatic rings. The fourth-order valence-corrected chi connectivity index (χ4v) is 0.772. The van der Waals surface area contributed by atoms with Gasteiger partial charge in [0.1, 0.15) is 0 Å². The molecule has 0 aliphatic carbocycles. The largest absolute Gasteiger partial charge is 0.343 e. The zero-order chi connectivity index (χ0) is 8.48. The fraction of sp³-hybridized carbons (Fsp3) is 0.714. The highest BCUT2D eigenvalue weighted by Gasteiger charge is 2.21. The molecule has 0 atom stereocenters. The highest BCUT2D eigenvalue weighted by Crippen LogP contribution is 2.10. The minimum atomic E-state index is -0.259. The van der Waals surface area contributed by atoms with Gasteiger partial charge in [-0.3, -0.25) is 0 Å². The van der Waals surface area contributed by atoms with E-state index < -0.39 is 0 Å². The van der Waals surface area contributed by atoms with Crippen LogP contribution in [0.2, 0.25) is 0 Å². The Balaban J connectivity index is 2.65. The lowest BCUT2D eigenvalue weighted by Gasteiger charge is -2.35. The first kappa shape index (κ1) is 8.04. The molecular weight excluding hydrogens is 142 g/mol. The Labute approximate surface area is 66.3 Å². The zero-order valence-corrected chi connectivity index (χ0v) is 7.09. The van der Waals surface area contributed by atoms with E-state index in [1.54, 1.807) is 6.34 Å². The van der Waals surface area contributed by atoms with E-state index in [1.165, 1.54) is 0 Å². The van der Waals surface area contributed by atoms with Crippen molar-refractivity contribution in [3.63, 3.8) is 0 Å². The van der Waals surface area contributed by atoms with Crippen LogP contribution >= 0.6 is 0 Å². The molecular formula is C7H13N3O. The fourth-order valence-electron chi connectivity index (χ4n) is 0.772. The molecule has 0 fully saturated rings. The third-order valence-electron chi connectivity index (χ3n) is 1.58. The summed E-state index contributed by atoms with van der Waals surface area (Å²) >= 11 is 0. The van der Waals surface area contributed by atoms with Gasteiger partial charge in [-0.15, -0.1) is 0 Å². The van der Waals surface area contributed by atoms with Crippen LogP contribution in [0.25, 0.3) is 0 Å². The third kappa shape index (κ3) is 1.93. The molecule has 1 N–H and O–H groups in total. The van der Waals surface area contributed by atoms with Crippen molar-refractivity contribution >= 4 is 12.4 Å². The van der Waals surface area contributed by atoms with E-state index in [0.717, 1.165) is 0 Å². The molecule has 1 heterocycles. The first-order chi connectivity index (χ1) is 5.00. The molecule has 11 heavy (non-hydrogen) atoms. The van der Waals surface area contributed by atoms with Gasteiger partial charge in [-0.1, -0.05) is 0 Å². The van der Waals surface area contributed by atoms with E-state index in [2.05, 4.69) is 31.1 Å². The lowest BCUT2D eigenvalue weighted by molar-refractivity contribution is 0.207. The van der Waals surface area contributed by atoms with Gasteiger partial charge in [-0.25, -0.2) is 4.79 Å². The smallest absolute Gasteiger partial charge is 0.340 e. The summed E-state index contributed by atoms with van der Waals surface area (Å²) in [6.07, 6.45) is 1.58. The molecule has 0 saturated carbocycles. The number of hydrogen-bond acceptors (Lipinski definition) is 2. The average Bonchev–Trinajstić information content (AvgIpc) is 1.86. The number of carbonyl (C=O) groups excluding carboxylic acids is 1. The Morgan fingerprint density at radius 1 is 1.64 bits per heavy atom. The molecule has 0 spiro atoms. The van der Waals surface area contributed by atoms with Gasteiger partial charge in [0, 0.05) is 5.54 Å². The molecule has 0 aromatic carbocycles. The van der Waals surface area contributed by atoms with E-state index in [1.807, 2.05) is 4.90 Å². The number of nitrogens with one attached hydrogen (secondary N) is 1. The Morgan fingerprint density at radius 2 is 2.27 bits per heavy atom. The summed E-state index contributed by atoms with van der Waals surface area (Å²) < 4.78 is 0. The van der Waals surface area contributed by atoms with Gasteiger partial charge >= 0.3 is 6.03 Å². The van der Waals surface area contributed by atoms with Crippen LogP contribution in [0.4, 0.5) is 4.79 Å². The summed E-state index contributed by atoms with van der Waals surface area (Å²) in [5, 5.41) is 2.63. The van der Waals surface area contributed by atoms with Gasteiger partial charge in [0.15, 0.2) is 0 Å². The topological polar surface area (TPSA) is 44.7 Å². The van der Waals surface area contributed by atoms with E-state index in [-0.39, 0.29) is 11.6 Å². The molecule has 0 unspecified atom stereocenters. The van der Waals surface area contributed by atoms with Crippen LogP contribution < -0.4 is 5.32 Å². The van der Waals surface area contributed by atoms with Crippen molar-refractivity contribution in [2.45, 2.75) is 26.3 Å². The van der Waals surface area contributed by atoms with Gasteiger partial charge in [0.05, 0.1) is 13.0 Å². The Hall–Kier alpha value is -1.06. The second-order valence-electron chi connectivity index (χ2n) is 3.53. The van der Waals surface area contributed by atoms with Crippen LogP contribution in [0.5, 0.6) is 0 Å². The maximum Gasteiger partial charge on any atom is 0.343 e. The van der Waals surface area contributed by atoms with E-state index in [0.29, 0.717) is 6.67 Å². The van der Waals surface area contributed by atoms with Gasteiger partial charge in [-0.05, 0) is 20.8 Å². The summed E-state index contributed by atoms with van der Waals surface area (Å²) in [4.78, 5) is 16.2. The van der Waals surface area contributed by atoms with Gasteiger partial charge < -0.3 is 10.2 Å². The molecule has 4 heteroatoms. The molecule has 0 bridgehead atoms. The first-order valence-corrected chi connectivity index (χ1v) is 3.59. The van der Waals surface area contributed by atoms with Gasteiger partial charge in [0.25, 0.3) is 0 Å². The Morgan fingerprint density at radius 3 is 2.64 bits per heavy atom.